The standard InChI is InChI=1S/C22H24N4O3S/c1-4-26(16-8-9-16)21-18-12-7-15(13-19(18)24-25-20(21)22(27)23-2)14-5-10-17(11-6-14)30(3,28)29/h5-7,10-13,16H,4,8-9H2,1-3H3,(H,23,27). The van der Waals surface area contributed by atoms with E-state index in [9.17, 15) is 13.2 Å². The predicted molar refractivity (Wildman–Crippen MR) is 118 cm³/mol. The summed E-state index contributed by atoms with van der Waals surface area (Å²) in [4.78, 5) is 15.0. The van der Waals surface area contributed by atoms with Crippen molar-refractivity contribution in [2.45, 2.75) is 30.7 Å². The van der Waals surface area contributed by atoms with Crippen molar-refractivity contribution in [3.05, 3.63) is 48.2 Å². The number of benzene rings is 2. The zero-order chi connectivity index (χ0) is 21.5. The SMILES string of the molecule is CCN(c1c(C(=O)NC)nnc2cc(-c3ccc(S(C)(=O)=O)cc3)ccc12)C1CC1. The van der Waals surface area contributed by atoms with Crippen LogP contribution < -0.4 is 10.2 Å². The molecule has 0 saturated heterocycles. The van der Waals surface area contributed by atoms with E-state index < -0.39 is 9.84 Å². The van der Waals surface area contributed by atoms with Crippen molar-refractivity contribution >= 4 is 32.3 Å². The molecule has 0 atom stereocenters. The minimum Gasteiger partial charge on any atom is -0.366 e. The molecule has 1 amide bonds. The van der Waals surface area contributed by atoms with Crippen molar-refractivity contribution in [2.75, 3.05) is 24.7 Å². The fraction of sp³-hybridized carbons (Fsp3) is 0.318. The number of hydrogen-bond donors (Lipinski definition) is 1. The van der Waals surface area contributed by atoms with Gasteiger partial charge in [-0.2, -0.15) is 0 Å². The van der Waals surface area contributed by atoms with E-state index >= 15 is 0 Å². The Morgan fingerprint density at radius 1 is 1.10 bits per heavy atom. The van der Waals surface area contributed by atoms with Crippen LogP contribution in [0.25, 0.3) is 22.0 Å². The van der Waals surface area contributed by atoms with E-state index in [0.717, 1.165) is 41.6 Å². The number of rotatable bonds is 6. The van der Waals surface area contributed by atoms with Crippen molar-refractivity contribution in [3.63, 3.8) is 0 Å². The largest absolute Gasteiger partial charge is 0.366 e. The van der Waals surface area contributed by atoms with Gasteiger partial charge < -0.3 is 10.2 Å². The Morgan fingerprint density at radius 3 is 2.33 bits per heavy atom. The summed E-state index contributed by atoms with van der Waals surface area (Å²) in [5, 5.41) is 12.1. The first-order valence-electron chi connectivity index (χ1n) is 9.93. The highest BCUT2D eigenvalue weighted by Gasteiger charge is 2.32. The summed E-state index contributed by atoms with van der Waals surface area (Å²) in [6.07, 6.45) is 3.41. The lowest BCUT2D eigenvalue weighted by Crippen LogP contribution is -2.30. The third-order valence-electron chi connectivity index (χ3n) is 5.41. The molecule has 4 rings (SSSR count). The molecule has 30 heavy (non-hydrogen) atoms. The van der Waals surface area contributed by atoms with E-state index in [1.165, 1.54) is 6.26 Å². The van der Waals surface area contributed by atoms with Gasteiger partial charge in [0.2, 0.25) is 0 Å². The van der Waals surface area contributed by atoms with E-state index in [0.29, 0.717) is 17.3 Å². The number of carbonyl (C=O) groups is 1. The van der Waals surface area contributed by atoms with Gasteiger partial charge in [0.05, 0.1) is 16.1 Å². The third kappa shape index (κ3) is 3.75. The van der Waals surface area contributed by atoms with Gasteiger partial charge >= 0.3 is 0 Å². The van der Waals surface area contributed by atoms with E-state index in [1.54, 1.807) is 31.3 Å². The lowest BCUT2D eigenvalue weighted by atomic mass is 10.0. The molecule has 0 bridgehead atoms. The number of nitrogens with one attached hydrogen (secondary N) is 1. The third-order valence-corrected chi connectivity index (χ3v) is 6.54. The fourth-order valence-electron chi connectivity index (χ4n) is 3.71. The van der Waals surface area contributed by atoms with Gasteiger partial charge in [-0.3, -0.25) is 4.79 Å². The normalized spacial score (nSPS) is 14.0. The molecule has 8 heteroatoms. The summed E-state index contributed by atoms with van der Waals surface area (Å²) >= 11 is 0. The minimum atomic E-state index is -3.24. The number of amides is 1. The molecule has 2 aromatic carbocycles. The Kier molecular flexibility index (Phi) is 5.19. The summed E-state index contributed by atoms with van der Waals surface area (Å²) in [6.45, 7) is 2.86. The van der Waals surface area contributed by atoms with E-state index in [1.807, 2.05) is 18.2 Å². The number of sulfone groups is 1. The van der Waals surface area contributed by atoms with E-state index in [4.69, 9.17) is 0 Å². The summed E-state index contributed by atoms with van der Waals surface area (Å²) in [6, 6.07) is 13.1. The molecule has 3 aromatic rings. The van der Waals surface area contributed by atoms with Crippen molar-refractivity contribution in [1.82, 2.24) is 15.5 Å². The van der Waals surface area contributed by atoms with E-state index in [-0.39, 0.29) is 10.8 Å². The number of aromatic nitrogens is 2. The molecule has 0 radical (unpaired) electrons. The molecule has 1 fully saturated rings. The lowest BCUT2D eigenvalue weighted by molar-refractivity contribution is 0.0958. The molecule has 1 aliphatic carbocycles. The number of anilines is 1. The summed E-state index contributed by atoms with van der Waals surface area (Å²) in [5.41, 5.74) is 3.65. The monoisotopic (exact) mass is 424 g/mol. The lowest BCUT2D eigenvalue weighted by Gasteiger charge is -2.25. The second kappa shape index (κ2) is 7.68. The molecule has 1 aromatic heterocycles. The van der Waals surface area contributed by atoms with Crippen LogP contribution in [0, 0.1) is 0 Å². The maximum absolute atomic E-state index is 12.5. The minimum absolute atomic E-state index is 0.251. The Bertz CT molecular complexity index is 1220. The molecule has 1 N–H and O–H groups in total. The van der Waals surface area contributed by atoms with Crippen LogP contribution in [0.5, 0.6) is 0 Å². The number of fused-ring (bicyclic) bond motifs is 1. The van der Waals surface area contributed by atoms with Gasteiger partial charge in [-0.1, -0.05) is 18.2 Å². The predicted octanol–water partition coefficient (Wildman–Crippen LogP) is 3.05. The fourth-order valence-corrected chi connectivity index (χ4v) is 4.35. The average Bonchev–Trinajstić information content (AvgIpc) is 3.58. The van der Waals surface area contributed by atoms with Crippen LogP contribution in [0.1, 0.15) is 30.3 Å². The first kappa shape index (κ1) is 20.3. The number of hydrogen-bond acceptors (Lipinski definition) is 6. The maximum Gasteiger partial charge on any atom is 0.273 e. The second-order valence-electron chi connectivity index (χ2n) is 7.52. The quantitative estimate of drug-likeness (QED) is 0.654. The van der Waals surface area contributed by atoms with Crippen molar-refractivity contribution in [2.24, 2.45) is 0 Å². The molecule has 7 nitrogen and oxygen atoms in total. The van der Waals surface area contributed by atoms with Gasteiger partial charge in [0.15, 0.2) is 15.5 Å². The van der Waals surface area contributed by atoms with Crippen LogP contribution in [0.3, 0.4) is 0 Å². The van der Waals surface area contributed by atoms with Gasteiger partial charge in [0.25, 0.3) is 5.91 Å². The highest BCUT2D eigenvalue weighted by atomic mass is 32.2. The smallest absolute Gasteiger partial charge is 0.273 e. The average molecular weight is 425 g/mol. The summed E-state index contributed by atoms with van der Waals surface area (Å²) in [7, 11) is -1.65. The Hall–Kier alpha value is -3.00. The summed E-state index contributed by atoms with van der Waals surface area (Å²) in [5.74, 6) is -0.251. The molecule has 1 heterocycles. The van der Waals surface area contributed by atoms with Crippen molar-refractivity contribution < 1.29 is 13.2 Å². The first-order valence-corrected chi connectivity index (χ1v) is 11.8. The topological polar surface area (TPSA) is 92.3 Å². The summed E-state index contributed by atoms with van der Waals surface area (Å²) < 4.78 is 23.4. The van der Waals surface area contributed by atoms with Crippen LogP contribution in [0.4, 0.5) is 5.69 Å². The van der Waals surface area contributed by atoms with Gasteiger partial charge in [-0.05, 0) is 55.2 Å². The van der Waals surface area contributed by atoms with Crippen LogP contribution in [0.2, 0.25) is 0 Å². The molecule has 1 aliphatic rings. The molecule has 156 valence electrons. The van der Waals surface area contributed by atoms with Crippen LogP contribution in [-0.4, -0.2) is 50.4 Å². The second-order valence-corrected chi connectivity index (χ2v) is 9.54. The highest BCUT2D eigenvalue weighted by molar-refractivity contribution is 7.90. The van der Waals surface area contributed by atoms with Crippen LogP contribution in [-0.2, 0) is 9.84 Å². The number of carbonyl (C=O) groups excluding carboxylic acids is 1. The molecular weight excluding hydrogens is 400 g/mol. The number of nitrogens with zero attached hydrogens (tertiary/aromatic N) is 3. The Labute approximate surface area is 176 Å². The van der Waals surface area contributed by atoms with Gasteiger partial charge in [-0.25, -0.2) is 8.42 Å². The first-order chi connectivity index (χ1) is 14.3. The van der Waals surface area contributed by atoms with E-state index in [2.05, 4.69) is 27.3 Å². The highest BCUT2D eigenvalue weighted by Crippen LogP contribution is 2.37. The molecule has 0 unspecified atom stereocenters. The Morgan fingerprint density at radius 2 is 1.77 bits per heavy atom. The van der Waals surface area contributed by atoms with Gasteiger partial charge in [0.1, 0.15) is 0 Å². The van der Waals surface area contributed by atoms with Crippen molar-refractivity contribution in [3.8, 4) is 11.1 Å². The van der Waals surface area contributed by atoms with Crippen LogP contribution >= 0.6 is 0 Å². The van der Waals surface area contributed by atoms with Crippen LogP contribution in [0.15, 0.2) is 47.4 Å². The maximum atomic E-state index is 12.5. The molecular formula is C22H24N4O3S. The van der Waals surface area contributed by atoms with Gasteiger partial charge in [0, 0.05) is 31.3 Å². The van der Waals surface area contributed by atoms with Gasteiger partial charge in [-0.15, -0.1) is 10.2 Å². The zero-order valence-corrected chi connectivity index (χ0v) is 18.0. The molecule has 1 saturated carbocycles. The molecule has 0 spiro atoms. The Balaban J connectivity index is 1.83. The zero-order valence-electron chi connectivity index (χ0n) is 17.2. The van der Waals surface area contributed by atoms with Crippen molar-refractivity contribution in [1.29, 1.82) is 0 Å². The molecule has 0 aliphatic heterocycles.